The Bertz CT molecular complexity index is 975. The lowest BCUT2D eigenvalue weighted by molar-refractivity contribution is 0.627. The van der Waals surface area contributed by atoms with Crippen LogP contribution in [0.4, 0.5) is 20.4 Å². The molecular weight excluding hydrogens is 368 g/mol. The Morgan fingerprint density at radius 3 is 1.31 bits per heavy atom. The molecule has 0 aliphatic carbocycles. The molecule has 5 heteroatoms. The smallest absolute Gasteiger partial charge is 0.132 e. The summed E-state index contributed by atoms with van der Waals surface area (Å²) in [4.78, 5) is 9.12. The van der Waals surface area contributed by atoms with Gasteiger partial charge in [0.15, 0.2) is 0 Å². The molecule has 0 saturated carbocycles. The number of aromatic nitrogens is 2. The van der Waals surface area contributed by atoms with E-state index >= 15 is 0 Å². The molecular formula is C24H21F2N3. The molecule has 4 aromatic rings. The second-order valence-electron chi connectivity index (χ2n) is 5.95. The van der Waals surface area contributed by atoms with Crippen LogP contribution in [0.3, 0.4) is 0 Å². The number of benzene rings is 2. The van der Waals surface area contributed by atoms with Crippen molar-refractivity contribution in [1.82, 2.24) is 9.97 Å². The lowest BCUT2D eigenvalue weighted by Crippen LogP contribution is -1.98. The molecule has 146 valence electrons. The number of anilines is 2. The van der Waals surface area contributed by atoms with Crippen molar-refractivity contribution < 1.29 is 8.78 Å². The SMILES string of the molecule is CC.Fc1ccc(-c2cccc(Nc3cccc(-c4ccc(F)cc4)n3)n2)cc1. The third-order valence-electron chi connectivity index (χ3n) is 4.03. The fraction of sp³-hybridized carbons (Fsp3) is 0.0833. The summed E-state index contributed by atoms with van der Waals surface area (Å²) in [5.74, 6) is 0.686. The van der Waals surface area contributed by atoms with Gasteiger partial charge in [-0.3, -0.25) is 0 Å². The highest BCUT2D eigenvalue weighted by atomic mass is 19.1. The van der Waals surface area contributed by atoms with Crippen molar-refractivity contribution in [3.63, 3.8) is 0 Å². The topological polar surface area (TPSA) is 37.8 Å². The first kappa shape index (κ1) is 20.1. The average Bonchev–Trinajstić information content (AvgIpc) is 2.77. The van der Waals surface area contributed by atoms with Gasteiger partial charge in [0, 0.05) is 11.1 Å². The summed E-state index contributed by atoms with van der Waals surface area (Å²) >= 11 is 0. The van der Waals surface area contributed by atoms with E-state index in [1.165, 1.54) is 24.3 Å². The van der Waals surface area contributed by atoms with Gasteiger partial charge in [-0.15, -0.1) is 0 Å². The molecule has 0 bridgehead atoms. The monoisotopic (exact) mass is 389 g/mol. The maximum Gasteiger partial charge on any atom is 0.132 e. The van der Waals surface area contributed by atoms with Crippen molar-refractivity contribution in [2.45, 2.75) is 13.8 Å². The van der Waals surface area contributed by atoms with Crippen LogP contribution in [-0.4, -0.2) is 9.97 Å². The molecule has 0 unspecified atom stereocenters. The Morgan fingerprint density at radius 1 is 0.552 bits per heavy atom. The van der Waals surface area contributed by atoms with Gasteiger partial charge in [0.2, 0.25) is 0 Å². The second kappa shape index (κ2) is 9.55. The van der Waals surface area contributed by atoms with Crippen molar-refractivity contribution in [1.29, 1.82) is 0 Å². The summed E-state index contributed by atoms with van der Waals surface area (Å²) in [7, 11) is 0. The molecule has 3 nitrogen and oxygen atoms in total. The molecule has 29 heavy (non-hydrogen) atoms. The van der Waals surface area contributed by atoms with Gasteiger partial charge in [-0.1, -0.05) is 26.0 Å². The molecule has 1 N–H and O–H groups in total. The number of rotatable bonds is 4. The summed E-state index contributed by atoms with van der Waals surface area (Å²) in [6.07, 6.45) is 0. The number of hydrogen-bond acceptors (Lipinski definition) is 3. The van der Waals surface area contributed by atoms with Crippen LogP contribution >= 0.6 is 0 Å². The maximum absolute atomic E-state index is 13.1. The van der Waals surface area contributed by atoms with Crippen molar-refractivity contribution in [3.05, 3.63) is 96.6 Å². The molecule has 2 aromatic carbocycles. The van der Waals surface area contributed by atoms with Gasteiger partial charge < -0.3 is 5.32 Å². The number of pyridine rings is 2. The molecule has 0 fully saturated rings. The van der Waals surface area contributed by atoms with Crippen LogP contribution in [0.5, 0.6) is 0 Å². The van der Waals surface area contributed by atoms with Crippen LogP contribution in [-0.2, 0) is 0 Å². The lowest BCUT2D eigenvalue weighted by atomic mass is 10.1. The highest BCUT2D eigenvalue weighted by molar-refractivity contribution is 5.65. The van der Waals surface area contributed by atoms with Crippen LogP contribution in [0.25, 0.3) is 22.5 Å². The van der Waals surface area contributed by atoms with Gasteiger partial charge >= 0.3 is 0 Å². The average molecular weight is 389 g/mol. The van der Waals surface area contributed by atoms with E-state index in [1.54, 1.807) is 24.3 Å². The number of nitrogens with zero attached hydrogens (tertiary/aromatic N) is 2. The summed E-state index contributed by atoms with van der Waals surface area (Å²) in [5.41, 5.74) is 3.12. The van der Waals surface area contributed by atoms with Crippen molar-refractivity contribution in [2.24, 2.45) is 0 Å². The van der Waals surface area contributed by atoms with E-state index in [-0.39, 0.29) is 11.6 Å². The number of nitrogens with one attached hydrogen (secondary N) is 1. The third-order valence-corrected chi connectivity index (χ3v) is 4.03. The number of hydrogen-bond donors (Lipinski definition) is 1. The quantitative estimate of drug-likeness (QED) is 0.414. The summed E-state index contributed by atoms with van der Waals surface area (Å²) in [6, 6.07) is 23.5. The minimum Gasteiger partial charge on any atom is -0.325 e. The molecule has 0 spiro atoms. The van der Waals surface area contributed by atoms with Crippen LogP contribution < -0.4 is 5.32 Å². The first-order chi connectivity index (χ1) is 14.2. The lowest BCUT2D eigenvalue weighted by Gasteiger charge is -2.09. The van der Waals surface area contributed by atoms with Gasteiger partial charge in [0.05, 0.1) is 11.4 Å². The summed E-state index contributed by atoms with van der Waals surface area (Å²) < 4.78 is 26.2. The van der Waals surface area contributed by atoms with E-state index in [1.807, 2.05) is 50.2 Å². The van der Waals surface area contributed by atoms with E-state index < -0.39 is 0 Å². The molecule has 2 aromatic heterocycles. The van der Waals surface area contributed by atoms with E-state index in [4.69, 9.17) is 0 Å². The standard InChI is InChI=1S/C22H15F2N3.C2H6/c23-17-11-7-15(8-12-17)19-3-1-5-21(25-19)27-22-6-2-4-20(26-22)16-9-13-18(24)14-10-16;1-2/h1-14H,(H,25,26,27);1-2H3. The Labute approximate surface area is 169 Å². The molecule has 0 amide bonds. The first-order valence-corrected chi connectivity index (χ1v) is 9.40. The molecule has 0 radical (unpaired) electrons. The minimum atomic E-state index is -0.283. The minimum absolute atomic E-state index is 0.283. The first-order valence-electron chi connectivity index (χ1n) is 9.40. The Balaban J connectivity index is 0.00000117. The van der Waals surface area contributed by atoms with E-state index in [9.17, 15) is 8.78 Å². The predicted molar refractivity (Wildman–Crippen MR) is 114 cm³/mol. The number of halogens is 2. The second-order valence-corrected chi connectivity index (χ2v) is 5.95. The van der Waals surface area contributed by atoms with Crippen molar-refractivity contribution in [3.8, 4) is 22.5 Å². The normalized spacial score (nSPS) is 10.1. The van der Waals surface area contributed by atoms with Crippen LogP contribution in [0.15, 0.2) is 84.9 Å². The summed E-state index contributed by atoms with van der Waals surface area (Å²) in [6.45, 7) is 4.00. The van der Waals surface area contributed by atoms with Gasteiger partial charge in [-0.25, -0.2) is 18.7 Å². The fourth-order valence-corrected chi connectivity index (χ4v) is 2.70. The highest BCUT2D eigenvalue weighted by Crippen LogP contribution is 2.23. The van der Waals surface area contributed by atoms with Crippen LogP contribution in [0.2, 0.25) is 0 Å². The fourth-order valence-electron chi connectivity index (χ4n) is 2.70. The molecule has 0 aliphatic heterocycles. The zero-order chi connectivity index (χ0) is 20.6. The van der Waals surface area contributed by atoms with Gasteiger partial charge in [0.25, 0.3) is 0 Å². The van der Waals surface area contributed by atoms with Gasteiger partial charge in [0.1, 0.15) is 23.3 Å². The zero-order valence-electron chi connectivity index (χ0n) is 16.2. The Kier molecular flexibility index (Phi) is 6.63. The molecule has 0 aliphatic rings. The molecule has 4 rings (SSSR count). The van der Waals surface area contributed by atoms with E-state index in [0.29, 0.717) is 11.6 Å². The Hall–Kier alpha value is -3.60. The molecule has 0 atom stereocenters. The Morgan fingerprint density at radius 2 is 0.931 bits per heavy atom. The summed E-state index contributed by atoms with van der Waals surface area (Å²) in [5, 5.41) is 3.18. The highest BCUT2D eigenvalue weighted by Gasteiger charge is 2.05. The van der Waals surface area contributed by atoms with Gasteiger partial charge in [-0.2, -0.15) is 0 Å². The molecule has 0 saturated heterocycles. The van der Waals surface area contributed by atoms with E-state index in [0.717, 1.165) is 22.5 Å². The predicted octanol–water partition coefficient (Wildman–Crippen LogP) is 6.86. The van der Waals surface area contributed by atoms with Crippen LogP contribution in [0, 0.1) is 11.6 Å². The maximum atomic E-state index is 13.1. The third kappa shape index (κ3) is 5.23. The largest absolute Gasteiger partial charge is 0.325 e. The van der Waals surface area contributed by atoms with Crippen LogP contribution in [0.1, 0.15) is 13.8 Å². The zero-order valence-corrected chi connectivity index (χ0v) is 16.2. The van der Waals surface area contributed by atoms with Gasteiger partial charge in [-0.05, 0) is 72.8 Å². The van der Waals surface area contributed by atoms with Crippen molar-refractivity contribution in [2.75, 3.05) is 5.32 Å². The van der Waals surface area contributed by atoms with E-state index in [2.05, 4.69) is 15.3 Å². The molecule has 2 heterocycles. The van der Waals surface area contributed by atoms with Crippen molar-refractivity contribution >= 4 is 11.6 Å².